The highest BCUT2D eigenvalue weighted by atomic mass is 35.5. The van der Waals surface area contributed by atoms with Crippen LogP contribution >= 0.6 is 11.6 Å². The highest BCUT2D eigenvalue weighted by molar-refractivity contribution is 6.32. The molecule has 2 amide bonds. The van der Waals surface area contributed by atoms with Crippen LogP contribution in [0.4, 0.5) is 0 Å². The van der Waals surface area contributed by atoms with E-state index in [9.17, 15) is 19.8 Å². The highest BCUT2D eigenvalue weighted by Gasteiger charge is 2.35. The van der Waals surface area contributed by atoms with Gasteiger partial charge in [-0.1, -0.05) is 42.8 Å². The van der Waals surface area contributed by atoms with Gasteiger partial charge in [-0.15, -0.1) is 0 Å². The lowest BCUT2D eigenvalue weighted by molar-refractivity contribution is -0.126. The Morgan fingerprint density at radius 3 is 2.68 bits per heavy atom. The number of nitrogens with zero attached hydrogens (tertiary/aromatic N) is 3. The predicted molar refractivity (Wildman–Crippen MR) is 143 cm³/mol. The van der Waals surface area contributed by atoms with Crippen molar-refractivity contribution in [2.75, 3.05) is 20.3 Å². The number of aliphatic hydroxyl groups is 2. The molecule has 38 heavy (non-hydrogen) atoms. The molecule has 0 saturated heterocycles. The Morgan fingerprint density at radius 2 is 1.97 bits per heavy atom. The van der Waals surface area contributed by atoms with Crippen molar-refractivity contribution < 1.29 is 24.5 Å². The maximum absolute atomic E-state index is 13.4. The summed E-state index contributed by atoms with van der Waals surface area (Å²) in [7, 11) is 1.55. The third-order valence-electron chi connectivity index (χ3n) is 6.69. The molecule has 0 aliphatic carbocycles. The third kappa shape index (κ3) is 5.80. The summed E-state index contributed by atoms with van der Waals surface area (Å²) in [5, 5.41) is 22.5. The minimum absolute atomic E-state index is 0.00108. The second-order valence-corrected chi connectivity index (χ2v) is 9.88. The van der Waals surface area contributed by atoms with Crippen molar-refractivity contribution in [1.82, 2.24) is 20.2 Å². The number of nitrogens with one attached hydrogen (secondary N) is 1. The summed E-state index contributed by atoms with van der Waals surface area (Å²) in [5.41, 5.74) is 3.14. The minimum Gasteiger partial charge on any atom is -0.497 e. The van der Waals surface area contributed by atoms with Crippen LogP contribution in [0.15, 0.2) is 48.7 Å². The number of aromatic nitrogens is 2. The smallest absolute Gasteiger partial charge is 0.255 e. The molecule has 1 aliphatic heterocycles. The number of carbonyl (C=O) groups excluding carboxylic acids is 2. The zero-order chi connectivity index (χ0) is 27.4. The van der Waals surface area contributed by atoms with Crippen molar-refractivity contribution in [3.05, 3.63) is 76.2 Å². The number of amides is 2. The zero-order valence-electron chi connectivity index (χ0n) is 21.5. The second kappa shape index (κ2) is 11.9. The summed E-state index contributed by atoms with van der Waals surface area (Å²) in [4.78, 5) is 36.8. The molecule has 1 aromatic heterocycles. The minimum atomic E-state index is -0.771. The van der Waals surface area contributed by atoms with Gasteiger partial charge in [0.05, 0.1) is 30.5 Å². The van der Waals surface area contributed by atoms with E-state index in [1.54, 1.807) is 44.4 Å². The molecule has 0 saturated carbocycles. The van der Waals surface area contributed by atoms with Gasteiger partial charge >= 0.3 is 0 Å². The van der Waals surface area contributed by atoms with Crippen LogP contribution in [0.2, 0.25) is 5.02 Å². The number of fused-ring (bicyclic) bond motifs is 1. The van der Waals surface area contributed by atoms with E-state index < -0.39 is 12.1 Å². The van der Waals surface area contributed by atoms with E-state index in [0.29, 0.717) is 45.4 Å². The Balaban J connectivity index is 1.51. The highest BCUT2D eigenvalue weighted by Crippen LogP contribution is 2.32. The van der Waals surface area contributed by atoms with Gasteiger partial charge in [-0.2, -0.15) is 0 Å². The monoisotopic (exact) mass is 538 g/mol. The van der Waals surface area contributed by atoms with E-state index in [2.05, 4.69) is 15.3 Å². The largest absolute Gasteiger partial charge is 0.497 e. The molecule has 1 aliphatic rings. The lowest BCUT2D eigenvalue weighted by Gasteiger charge is -2.26. The van der Waals surface area contributed by atoms with Crippen LogP contribution in [-0.2, 0) is 17.8 Å². The van der Waals surface area contributed by atoms with Gasteiger partial charge in [0.1, 0.15) is 17.6 Å². The number of hydrogen-bond acceptors (Lipinski definition) is 7. The third-order valence-corrected chi connectivity index (χ3v) is 6.97. The van der Waals surface area contributed by atoms with E-state index in [1.807, 2.05) is 19.1 Å². The summed E-state index contributed by atoms with van der Waals surface area (Å²) in [5.74, 6) is 0.517. The summed E-state index contributed by atoms with van der Waals surface area (Å²) in [6.07, 6.45) is 2.02. The Morgan fingerprint density at radius 1 is 1.18 bits per heavy atom. The first-order valence-electron chi connectivity index (χ1n) is 12.4. The molecular formula is C28H31ClN4O5. The Bertz CT molecular complexity index is 1330. The van der Waals surface area contributed by atoms with Gasteiger partial charge in [0.15, 0.2) is 0 Å². The number of carbonyl (C=O) groups is 2. The summed E-state index contributed by atoms with van der Waals surface area (Å²) in [6.45, 7) is 3.56. The predicted octanol–water partition coefficient (Wildman–Crippen LogP) is 3.17. The number of hydrogen-bond donors (Lipinski definition) is 3. The van der Waals surface area contributed by atoms with Crippen LogP contribution in [0, 0.1) is 5.92 Å². The number of benzene rings is 2. The van der Waals surface area contributed by atoms with Gasteiger partial charge in [0, 0.05) is 36.9 Å². The molecule has 0 spiro atoms. The molecule has 10 heteroatoms. The van der Waals surface area contributed by atoms with Gasteiger partial charge in [-0.3, -0.25) is 9.59 Å². The normalized spacial score (nSPS) is 15.1. The van der Waals surface area contributed by atoms with Crippen LogP contribution in [-0.4, -0.2) is 63.3 Å². The van der Waals surface area contributed by atoms with Gasteiger partial charge in [-0.05, 0) is 42.2 Å². The van der Waals surface area contributed by atoms with Crippen molar-refractivity contribution in [3.63, 3.8) is 0 Å². The van der Waals surface area contributed by atoms with E-state index in [1.165, 1.54) is 11.1 Å². The van der Waals surface area contributed by atoms with E-state index in [-0.39, 0.29) is 37.5 Å². The molecule has 3 atom stereocenters. The first-order valence-corrected chi connectivity index (χ1v) is 12.7. The van der Waals surface area contributed by atoms with Crippen molar-refractivity contribution in [3.8, 4) is 17.0 Å². The molecule has 4 rings (SSSR count). The topological polar surface area (TPSA) is 125 Å². The maximum atomic E-state index is 13.4. The maximum Gasteiger partial charge on any atom is 0.255 e. The first kappa shape index (κ1) is 27.5. The summed E-state index contributed by atoms with van der Waals surface area (Å²) >= 11 is 6.39. The molecule has 0 radical (unpaired) electrons. The van der Waals surface area contributed by atoms with Gasteiger partial charge in [-0.25, -0.2) is 9.97 Å². The van der Waals surface area contributed by atoms with Crippen LogP contribution < -0.4 is 10.1 Å². The molecule has 2 aromatic carbocycles. The van der Waals surface area contributed by atoms with E-state index in [4.69, 9.17) is 16.3 Å². The fourth-order valence-electron chi connectivity index (χ4n) is 4.39. The van der Waals surface area contributed by atoms with Crippen LogP contribution in [0.1, 0.15) is 47.2 Å². The number of rotatable bonds is 10. The van der Waals surface area contributed by atoms with Crippen molar-refractivity contribution in [2.45, 2.75) is 38.9 Å². The molecule has 0 unspecified atom stereocenters. The van der Waals surface area contributed by atoms with Crippen molar-refractivity contribution >= 4 is 23.4 Å². The molecule has 200 valence electrons. The second-order valence-electron chi connectivity index (χ2n) is 9.48. The quantitative estimate of drug-likeness (QED) is 0.362. The molecule has 3 N–H and O–H groups in total. The lowest BCUT2D eigenvalue weighted by atomic mass is 10.0. The molecular weight excluding hydrogens is 508 g/mol. The number of ether oxygens (including phenoxy) is 1. The van der Waals surface area contributed by atoms with Crippen molar-refractivity contribution in [2.24, 2.45) is 5.92 Å². The standard InChI is InChI=1S/C28H31ClN4O5/c1-16(14-34)9-25-30-12-23(29)26(32-25)19-7-8-20-13-33(28(37)22(20)11-19)17(2)27(36)31-24(15-35)18-5-4-6-21(10-18)38-3/h4-8,10-12,16-17,24,34-35H,9,13-15H2,1-3H3,(H,31,36)/t16-,17-,24-/m1/s1. The van der Waals surface area contributed by atoms with Crippen molar-refractivity contribution in [1.29, 1.82) is 0 Å². The fraction of sp³-hybridized carbons (Fsp3) is 0.357. The molecule has 0 bridgehead atoms. The summed E-state index contributed by atoms with van der Waals surface area (Å²) in [6, 6.07) is 11.1. The van der Waals surface area contributed by atoms with E-state index in [0.717, 1.165) is 5.56 Å². The average Bonchev–Trinajstić information content (AvgIpc) is 3.27. The molecule has 2 heterocycles. The van der Waals surface area contributed by atoms with Gasteiger partial charge in [0.2, 0.25) is 5.91 Å². The average molecular weight is 539 g/mol. The Labute approximate surface area is 226 Å². The number of aliphatic hydroxyl groups excluding tert-OH is 2. The van der Waals surface area contributed by atoms with Crippen LogP contribution in [0.5, 0.6) is 5.75 Å². The fourth-order valence-corrected chi connectivity index (χ4v) is 4.59. The van der Waals surface area contributed by atoms with Crippen LogP contribution in [0.3, 0.4) is 0 Å². The molecule has 0 fully saturated rings. The Hall–Kier alpha value is -3.53. The molecule has 9 nitrogen and oxygen atoms in total. The lowest BCUT2D eigenvalue weighted by Crippen LogP contribution is -2.46. The first-order chi connectivity index (χ1) is 18.2. The number of halogens is 1. The summed E-state index contributed by atoms with van der Waals surface area (Å²) < 4.78 is 5.24. The Kier molecular flexibility index (Phi) is 8.61. The van der Waals surface area contributed by atoms with Crippen LogP contribution in [0.25, 0.3) is 11.3 Å². The molecule has 3 aromatic rings. The van der Waals surface area contributed by atoms with E-state index >= 15 is 0 Å². The SMILES string of the molecule is COc1cccc([C@@H](CO)NC(=O)[C@@H](C)N2Cc3ccc(-c4nc(C[C@@H](C)CO)ncc4Cl)cc3C2=O)c1. The zero-order valence-corrected chi connectivity index (χ0v) is 22.3. The number of methoxy groups -OCH3 is 1. The van der Waals surface area contributed by atoms with Gasteiger partial charge in [0.25, 0.3) is 5.91 Å². The van der Waals surface area contributed by atoms with Gasteiger partial charge < -0.3 is 25.2 Å².